The summed E-state index contributed by atoms with van der Waals surface area (Å²) in [7, 11) is 0. The van der Waals surface area contributed by atoms with Crippen molar-refractivity contribution in [3.63, 3.8) is 0 Å². The number of hydrogen-bond donors (Lipinski definition) is 1. The van der Waals surface area contributed by atoms with E-state index in [-0.39, 0.29) is 17.9 Å². The van der Waals surface area contributed by atoms with Crippen molar-refractivity contribution in [2.24, 2.45) is 0 Å². The van der Waals surface area contributed by atoms with Crippen LogP contribution in [0.3, 0.4) is 0 Å². The second-order valence-electron chi connectivity index (χ2n) is 8.54. The Morgan fingerprint density at radius 1 is 1.00 bits per heavy atom. The van der Waals surface area contributed by atoms with Gasteiger partial charge in [-0.05, 0) is 92.6 Å². The summed E-state index contributed by atoms with van der Waals surface area (Å²) in [5.74, 6) is -0.252. The molecule has 0 radical (unpaired) electrons. The lowest BCUT2D eigenvalue weighted by Gasteiger charge is -2.28. The highest BCUT2D eigenvalue weighted by atomic mass is 79.9. The fraction of sp³-hybridized carbons (Fsp3) is 0.185. The first-order valence-corrected chi connectivity index (χ1v) is 12.3. The lowest BCUT2D eigenvalue weighted by molar-refractivity contribution is 0.564. The van der Waals surface area contributed by atoms with Crippen molar-refractivity contribution in [2.45, 2.75) is 32.9 Å². The van der Waals surface area contributed by atoms with Crippen molar-refractivity contribution in [3.05, 3.63) is 111 Å². The standard InChI is InChI=1S/C27H24BrFN4S/c1-16-14-19(11-12-21(16)28)33-26(25(31-27(33)34)23-9-6-7-13-30-23)20-15-17(2)32(18(20)3)24-10-5-4-8-22(24)29/h4-15,25-26H,1-3H3,(H,31,34)/t25-,26-/m0/s1. The molecule has 2 aromatic carbocycles. The Balaban J connectivity index is 1.70. The van der Waals surface area contributed by atoms with E-state index < -0.39 is 0 Å². The van der Waals surface area contributed by atoms with E-state index in [4.69, 9.17) is 12.2 Å². The highest BCUT2D eigenvalue weighted by Crippen LogP contribution is 2.44. The van der Waals surface area contributed by atoms with Crippen LogP contribution in [0.2, 0.25) is 0 Å². The number of halogens is 2. The SMILES string of the molecule is Cc1cc(N2C(=S)N[C@@H](c3ccccn3)[C@@H]2c2cc(C)n(-c3ccccc3F)c2C)ccc1Br. The molecule has 2 aromatic heterocycles. The van der Waals surface area contributed by atoms with Crippen LogP contribution in [0.15, 0.2) is 77.4 Å². The van der Waals surface area contributed by atoms with E-state index in [1.165, 1.54) is 6.07 Å². The minimum atomic E-state index is -0.252. The van der Waals surface area contributed by atoms with Gasteiger partial charge < -0.3 is 14.8 Å². The molecule has 172 valence electrons. The van der Waals surface area contributed by atoms with E-state index in [0.717, 1.165) is 38.4 Å². The number of hydrogen-bond acceptors (Lipinski definition) is 2. The van der Waals surface area contributed by atoms with Gasteiger partial charge in [0.25, 0.3) is 0 Å². The first-order valence-electron chi connectivity index (χ1n) is 11.1. The number of aromatic nitrogens is 2. The Bertz CT molecular complexity index is 1380. The van der Waals surface area contributed by atoms with Crippen molar-refractivity contribution in [3.8, 4) is 5.69 Å². The van der Waals surface area contributed by atoms with Gasteiger partial charge in [-0.2, -0.15) is 0 Å². The molecule has 0 saturated carbocycles. The van der Waals surface area contributed by atoms with Crippen LogP contribution in [0.4, 0.5) is 10.1 Å². The van der Waals surface area contributed by atoms with E-state index in [9.17, 15) is 4.39 Å². The summed E-state index contributed by atoms with van der Waals surface area (Å²) in [4.78, 5) is 6.79. The first kappa shape index (κ1) is 22.7. The fourth-order valence-corrected chi connectivity index (χ4v) is 5.41. The molecule has 0 amide bonds. The Labute approximate surface area is 212 Å². The summed E-state index contributed by atoms with van der Waals surface area (Å²) in [6.45, 7) is 6.11. The number of aryl methyl sites for hydroxylation is 2. The number of rotatable bonds is 4. The molecule has 1 aliphatic heterocycles. The third-order valence-electron chi connectivity index (χ3n) is 6.40. The summed E-state index contributed by atoms with van der Waals surface area (Å²) >= 11 is 9.46. The molecule has 4 nitrogen and oxygen atoms in total. The van der Waals surface area contributed by atoms with Crippen LogP contribution in [0.1, 0.15) is 40.3 Å². The van der Waals surface area contributed by atoms with Crippen LogP contribution in [0.25, 0.3) is 5.69 Å². The van der Waals surface area contributed by atoms with Gasteiger partial charge in [0.2, 0.25) is 0 Å². The number of anilines is 1. The van der Waals surface area contributed by atoms with E-state index in [1.54, 1.807) is 12.3 Å². The van der Waals surface area contributed by atoms with Crippen molar-refractivity contribution < 1.29 is 4.39 Å². The van der Waals surface area contributed by atoms with Gasteiger partial charge in [0.05, 0.1) is 23.5 Å². The molecule has 1 fully saturated rings. The molecule has 34 heavy (non-hydrogen) atoms. The highest BCUT2D eigenvalue weighted by molar-refractivity contribution is 9.10. The van der Waals surface area contributed by atoms with Crippen LogP contribution in [0.5, 0.6) is 0 Å². The van der Waals surface area contributed by atoms with Crippen molar-refractivity contribution in [1.82, 2.24) is 14.9 Å². The van der Waals surface area contributed by atoms with Crippen LogP contribution in [0, 0.1) is 26.6 Å². The molecule has 0 unspecified atom stereocenters. The molecule has 1 aliphatic rings. The molecule has 2 atom stereocenters. The van der Waals surface area contributed by atoms with Gasteiger partial charge in [-0.25, -0.2) is 4.39 Å². The largest absolute Gasteiger partial charge is 0.351 e. The van der Waals surface area contributed by atoms with Gasteiger partial charge >= 0.3 is 0 Å². The topological polar surface area (TPSA) is 33.1 Å². The molecule has 5 rings (SSSR count). The number of benzene rings is 2. The molecule has 4 aromatic rings. The average Bonchev–Trinajstić information content (AvgIpc) is 3.32. The number of nitrogens with zero attached hydrogens (tertiary/aromatic N) is 3. The summed E-state index contributed by atoms with van der Waals surface area (Å²) in [6.07, 6.45) is 1.80. The maximum absolute atomic E-state index is 14.8. The van der Waals surface area contributed by atoms with Crippen LogP contribution >= 0.6 is 28.1 Å². The maximum Gasteiger partial charge on any atom is 0.174 e. The highest BCUT2D eigenvalue weighted by Gasteiger charge is 2.42. The second-order valence-corrected chi connectivity index (χ2v) is 9.78. The smallest absolute Gasteiger partial charge is 0.174 e. The zero-order valence-electron chi connectivity index (χ0n) is 19.1. The van der Waals surface area contributed by atoms with Crippen molar-refractivity contribution in [1.29, 1.82) is 0 Å². The third-order valence-corrected chi connectivity index (χ3v) is 7.60. The lowest BCUT2D eigenvalue weighted by Crippen LogP contribution is -2.29. The summed E-state index contributed by atoms with van der Waals surface area (Å²) in [5.41, 5.74) is 6.57. The quantitative estimate of drug-likeness (QED) is 0.289. The molecule has 3 heterocycles. The Morgan fingerprint density at radius 3 is 2.47 bits per heavy atom. The van der Waals surface area contributed by atoms with Crippen molar-refractivity contribution in [2.75, 3.05) is 4.90 Å². The Hall–Kier alpha value is -3.03. The lowest BCUT2D eigenvalue weighted by atomic mass is 9.96. The van der Waals surface area contributed by atoms with E-state index >= 15 is 0 Å². The molecule has 7 heteroatoms. The zero-order valence-corrected chi connectivity index (χ0v) is 21.5. The summed E-state index contributed by atoms with van der Waals surface area (Å²) < 4.78 is 17.8. The molecule has 0 spiro atoms. The average molecular weight is 535 g/mol. The predicted octanol–water partition coefficient (Wildman–Crippen LogP) is 6.88. The molecule has 0 bridgehead atoms. The Kier molecular flexibility index (Phi) is 6.00. The molecule has 1 N–H and O–H groups in total. The predicted molar refractivity (Wildman–Crippen MR) is 142 cm³/mol. The van der Waals surface area contributed by atoms with Gasteiger partial charge in [0.15, 0.2) is 5.11 Å². The monoisotopic (exact) mass is 534 g/mol. The minimum Gasteiger partial charge on any atom is -0.351 e. The minimum absolute atomic E-state index is 0.158. The van der Waals surface area contributed by atoms with Gasteiger partial charge in [-0.3, -0.25) is 4.98 Å². The van der Waals surface area contributed by atoms with Gasteiger partial charge in [-0.1, -0.05) is 34.1 Å². The zero-order chi connectivity index (χ0) is 24.0. The summed E-state index contributed by atoms with van der Waals surface area (Å²) in [5, 5.41) is 4.15. The Morgan fingerprint density at radius 2 is 1.76 bits per heavy atom. The van der Waals surface area contributed by atoms with Crippen LogP contribution in [-0.2, 0) is 0 Å². The number of pyridine rings is 1. The van der Waals surface area contributed by atoms with E-state index in [1.807, 2.05) is 54.8 Å². The van der Waals surface area contributed by atoms with Gasteiger partial charge in [-0.15, -0.1) is 0 Å². The molecule has 1 saturated heterocycles. The molecular formula is C27H24BrFN4S. The van der Waals surface area contributed by atoms with E-state index in [0.29, 0.717) is 10.8 Å². The number of para-hydroxylation sites is 1. The molecule has 0 aliphatic carbocycles. The first-order chi connectivity index (χ1) is 16.4. The van der Waals surface area contributed by atoms with Gasteiger partial charge in [0.1, 0.15) is 5.82 Å². The third kappa shape index (κ3) is 3.83. The van der Waals surface area contributed by atoms with Gasteiger partial charge in [0, 0.05) is 27.7 Å². The second kappa shape index (κ2) is 8.96. The fourth-order valence-electron chi connectivity index (χ4n) is 4.82. The molecular weight excluding hydrogens is 511 g/mol. The van der Waals surface area contributed by atoms with Crippen LogP contribution < -0.4 is 10.2 Å². The van der Waals surface area contributed by atoms with Crippen molar-refractivity contribution >= 4 is 38.9 Å². The normalized spacial score (nSPS) is 17.8. The number of thiocarbonyl (C=S) groups is 1. The number of nitrogens with one attached hydrogen (secondary N) is 1. The van der Waals surface area contributed by atoms with E-state index in [2.05, 4.69) is 56.3 Å². The maximum atomic E-state index is 14.8. The van der Waals surface area contributed by atoms with Crippen LogP contribution in [-0.4, -0.2) is 14.7 Å². The summed E-state index contributed by atoms with van der Waals surface area (Å²) in [6, 6.07) is 20.8.